The molecule has 2 aromatic heterocycles. The number of carbonyl (C=O) groups excluding carboxylic acids is 1. The van der Waals surface area contributed by atoms with Crippen molar-refractivity contribution in [2.24, 2.45) is 0 Å². The first kappa shape index (κ1) is 18.2. The van der Waals surface area contributed by atoms with Crippen molar-refractivity contribution in [3.05, 3.63) is 71.8 Å². The van der Waals surface area contributed by atoms with E-state index < -0.39 is 23.7 Å². The second kappa shape index (κ2) is 7.77. The van der Waals surface area contributed by atoms with E-state index in [1.807, 2.05) is 19.1 Å². The number of hydrogen-bond donors (Lipinski definition) is 2. The summed E-state index contributed by atoms with van der Waals surface area (Å²) in [5.41, 5.74) is 1.82. The molecule has 1 atom stereocenters. The number of aromatic nitrogens is 2. The minimum atomic E-state index is -1.06. The van der Waals surface area contributed by atoms with Crippen molar-refractivity contribution >= 4 is 11.9 Å². The number of carboxylic acid groups (broad SMARTS) is 1. The minimum Gasteiger partial charge on any atom is -0.481 e. The second-order valence-electron chi connectivity index (χ2n) is 5.87. The summed E-state index contributed by atoms with van der Waals surface area (Å²) in [6.45, 7) is 1.83. The molecule has 138 valence electrons. The van der Waals surface area contributed by atoms with Gasteiger partial charge in [-0.2, -0.15) is 0 Å². The predicted octanol–water partition coefficient (Wildman–Crippen LogP) is 3.13. The van der Waals surface area contributed by atoms with Gasteiger partial charge in [0.2, 0.25) is 0 Å². The largest absolute Gasteiger partial charge is 0.481 e. The van der Waals surface area contributed by atoms with E-state index in [2.05, 4.69) is 15.3 Å². The van der Waals surface area contributed by atoms with E-state index in [0.29, 0.717) is 5.56 Å². The zero-order chi connectivity index (χ0) is 19.4. The molecule has 7 nitrogen and oxygen atoms in total. The number of benzene rings is 1. The summed E-state index contributed by atoms with van der Waals surface area (Å²) in [5, 5.41) is 11.8. The second-order valence-corrected chi connectivity index (χ2v) is 5.87. The topological polar surface area (TPSA) is 105 Å². The molecule has 27 heavy (non-hydrogen) atoms. The Morgan fingerprint density at radius 1 is 1.30 bits per heavy atom. The molecular weight excluding hydrogens is 353 g/mol. The van der Waals surface area contributed by atoms with E-state index in [4.69, 9.17) is 9.52 Å². The van der Waals surface area contributed by atoms with E-state index in [1.165, 1.54) is 12.3 Å². The number of amides is 1. The summed E-state index contributed by atoms with van der Waals surface area (Å²) < 4.78 is 18.9. The summed E-state index contributed by atoms with van der Waals surface area (Å²) in [7, 11) is 0. The number of hydrogen-bond acceptors (Lipinski definition) is 5. The third-order valence-electron chi connectivity index (χ3n) is 3.99. The van der Waals surface area contributed by atoms with Crippen LogP contribution < -0.4 is 5.32 Å². The minimum absolute atomic E-state index is 0.144. The van der Waals surface area contributed by atoms with Crippen molar-refractivity contribution in [3.63, 3.8) is 0 Å². The van der Waals surface area contributed by atoms with Crippen LogP contribution in [-0.2, 0) is 4.79 Å². The maximum atomic E-state index is 13.8. The highest BCUT2D eigenvalue weighted by Gasteiger charge is 2.23. The molecule has 0 spiro atoms. The number of halogens is 1. The zero-order valence-corrected chi connectivity index (χ0v) is 14.3. The molecule has 0 bridgehead atoms. The van der Waals surface area contributed by atoms with E-state index in [9.17, 15) is 14.0 Å². The molecule has 0 fully saturated rings. The number of aliphatic carboxylic acids is 1. The van der Waals surface area contributed by atoms with Crippen LogP contribution in [0.3, 0.4) is 0 Å². The van der Waals surface area contributed by atoms with Crippen LogP contribution in [0.1, 0.15) is 34.3 Å². The Bertz CT molecular complexity index is 986. The van der Waals surface area contributed by atoms with Gasteiger partial charge < -0.3 is 14.8 Å². The predicted molar refractivity (Wildman–Crippen MR) is 93.3 cm³/mol. The molecular formula is C19H16FN3O4. The fourth-order valence-electron chi connectivity index (χ4n) is 2.70. The maximum Gasteiger partial charge on any atom is 0.307 e. The Morgan fingerprint density at radius 2 is 2.07 bits per heavy atom. The Kier molecular flexibility index (Phi) is 5.25. The first-order valence-electron chi connectivity index (χ1n) is 8.09. The third kappa shape index (κ3) is 4.17. The van der Waals surface area contributed by atoms with Gasteiger partial charge in [0.25, 0.3) is 5.89 Å². The molecule has 1 aromatic carbocycles. The zero-order valence-electron chi connectivity index (χ0n) is 14.3. The quantitative estimate of drug-likeness (QED) is 0.692. The van der Waals surface area contributed by atoms with Gasteiger partial charge in [0.05, 0.1) is 18.7 Å². The third-order valence-corrected chi connectivity index (χ3v) is 3.99. The van der Waals surface area contributed by atoms with Crippen molar-refractivity contribution < 1.29 is 23.5 Å². The lowest BCUT2D eigenvalue weighted by Crippen LogP contribution is -2.30. The Hall–Kier alpha value is -3.55. The molecule has 1 unspecified atom stereocenters. The molecule has 0 aliphatic rings. The van der Waals surface area contributed by atoms with Crippen molar-refractivity contribution in [2.75, 3.05) is 0 Å². The maximum absolute atomic E-state index is 13.8. The van der Waals surface area contributed by atoms with Crippen molar-refractivity contribution in [2.45, 2.75) is 19.4 Å². The highest BCUT2D eigenvalue weighted by atomic mass is 19.1. The van der Waals surface area contributed by atoms with Gasteiger partial charge >= 0.3 is 11.9 Å². The number of rotatable bonds is 6. The molecule has 8 heteroatoms. The van der Waals surface area contributed by atoms with Crippen molar-refractivity contribution in [3.8, 4) is 11.3 Å². The number of carbonyl (C=O) groups is 2. The van der Waals surface area contributed by atoms with Crippen LogP contribution in [-0.4, -0.2) is 27.0 Å². The van der Waals surface area contributed by atoms with Gasteiger partial charge in [0.1, 0.15) is 12.0 Å². The van der Waals surface area contributed by atoms with Gasteiger partial charge in [0, 0.05) is 11.8 Å². The molecule has 1 amide bonds. The number of carboxylic acids is 1. The Labute approximate surface area is 153 Å². The van der Waals surface area contributed by atoms with Crippen LogP contribution in [0.4, 0.5) is 4.39 Å². The summed E-state index contributed by atoms with van der Waals surface area (Å²) in [5.74, 6) is -2.63. The van der Waals surface area contributed by atoms with Gasteiger partial charge in [-0.3, -0.25) is 14.6 Å². The average Bonchev–Trinajstić information content (AvgIpc) is 3.11. The van der Waals surface area contributed by atoms with Gasteiger partial charge in [-0.25, -0.2) is 9.37 Å². The average molecular weight is 369 g/mol. The van der Waals surface area contributed by atoms with Crippen LogP contribution in [0, 0.1) is 12.7 Å². The molecule has 0 radical (unpaired) electrons. The number of aryl methyl sites for hydroxylation is 1. The van der Waals surface area contributed by atoms with E-state index in [-0.39, 0.29) is 23.6 Å². The first-order chi connectivity index (χ1) is 13.0. The fourth-order valence-corrected chi connectivity index (χ4v) is 2.70. The van der Waals surface area contributed by atoms with Gasteiger partial charge in [0.15, 0.2) is 5.82 Å². The summed E-state index contributed by atoms with van der Waals surface area (Å²) in [6, 6.07) is 7.81. The standard InChI is InChI=1S/C19H16FN3O4/c1-11-4-2-3-5-12(11)15(8-17(24)25)22-18(26)19-23-16(10-27-19)13-6-7-21-9-14(13)20/h2-7,9-10,15H,8H2,1H3,(H,22,26)(H,24,25). The SMILES string of the molecule is Cc1ccccc1C(CC(=O)O)NC(=O)c1nc(-c2ccncc2F)co1. The van der Waals surface area contributed by atoms with Crippen molar-refractivity contribution in [1.82, 2.24) is 15.3 Å². The molecule has 0 aliphatic heterocycles. The van der Waals surface area contributed by atoms with Gasteiger partial charge in [-0.15, -0.1) is 0 Å². The molecule has 3 rings (SSSR count). The highest BCUT2D eigenvalue weighted by Crippen LogP contribution is 2.23. The van der Waals surface area contributed by atoms with Crippen LogP contribution in [0.5, 0.6) is 0 Å². The lowest BCUT2D eigenvalue weighted by Gasteiger charge is -2.18. The lowest BCUT2D eigenvalue weighted by atomic mass is 9.99. The van der Waals surface area contributed by atoms with E-state index in [0.717, 1.165) is 18.0 Å². The van der Waals surface area contributed by atoms with E-state index >= 15 is 0 Å². The number of nitrogens with one attached hydrogen (secondary N) is 1. The summed E-state index contributed by atoms with van der Waals surface area (Å²) >= 11 is 0. The smallest absolute Gasteiger partial charge is 0.307 e. The van der Waals surface area contributed by atoms with Crippen LogP contribution >= 0.6 is 0 Å². The van der Waals surface area contributed by atoms with Crippen LogP contribution in [0.2, 0.25) is 0 Å². The molecule has 2 N–H and O–H groups in total. The molecule has 0 saturated heterocycles. The Balaban J connectivity index is 1.83. The van der Waals surface area contributed by atoms with Crippen LogP contribution in [0.25, 0.3) is 11.3 Å². The van der Waals surface area contributed by atoms with Gasteiger partial charge in [-0.1, -0.05) is 24.3 Å². The number of pyridine rings is 1. The lowest BCUT2D eigenvalue weighted by molar-refractivity contribution is -0.137. The normalized spacial score (nSPS) is 11.8. The van der Waals surface area contributed by atoms with Crippen molar-refractivity contribution in [1.29, 1.82) is 0 Å². The van der Waals surface area contributed by atoms with Crippen LogP contribution in [0.15, 0.2) is 53.4 Å². The van der Waals surface area contributed by atoms with E-state index in [1.54, 1.807) is 12.1 Å². The summed E-state index contributed by atoms with van der Waals surface area (Å²) in [6.07, 6.45) is 3.29. The summed E-state index contributed by atoms with van der Waals surface area (Å²) in [4.78, 5) is 31.3. The molecule has 0 aliphatic carbocycles. The highest BCUT2D eigenvalue weighted by molar-refractivity contribution is 5.91. The molecule has 3 aromatic rings. The monoisotopic (exact) mass is 369 g/mol. The Morgan fingerprint density at radius 3 is 2.78 bits per heavy atom. The molecule has 0 saturated carbocycles. The molecule has 2 heterocycles. The fraction of sp³-hybridized carbons (Fsp3) is 0.158. The number of nitrogens with zero attached hydrogens (tertiary/aromatic N) is 2. The van der Waals surface area contributed by atoms with Gasteiger partial charge in [-0.05, 0) is 24.1 Å². The first-order valence-corrected chi connectivity index (χ1v) is 8.09. The number of oxazole rings is 1.